The molecule has 126 valence electrons. The third kappa shape index (κ3) is 2.78. The van der Waals surface area contributed by atoms with Crippen molar-refractivity contribution in [3.63, 3.8) is 0 Å². The Bertz CT molecular complexity index is 888. The van der Waals surface area contributed by atoms with E-state index < -0.39 is 17.0 Å². The van der Waals surface area contributed by atoms with E-state index in [4.69, 9.17) is 0 Å². The number of nitrogens with zero attached hydrogens (tertiary/aromatic N) is 4. The van der Waals surface area contributed by atoms with Crippen molar-refractivity contribution < 1.29 is 14.1 Å². The van der Waals surface area contributed by atoms with Crippen molar-refractivity contribution >= 4 is 34.4 Å². The van der Waals surface area contributed by atoms with Gasteiger partial charge in [0.2, 0.25) is 17.0 Å². The number of aliphatic hydroxyl groups is 1. The van der Waals surface area contributed by atoms with Crippen LogP contribution >= 0.6 is 0 Å². The summed E-state index contributed by atoms with van der Waals surface area (Å²) >= 11 is 0. The van der Waals surface area contributed by atoms with Crippen LogP contribution in [0.4, 0.5) is 5.95 Å². The zero-order chi connectivity index (χ0) is 16.8. The first-order chi connectivity index (χ1) is 11.5. The summed E-state index contributed by atoms with van der Waals surface area (Å²) in [6.45, 7) is 0. The van der Waals surface area contributed by atoms with E-state index in [1.54, 1.807) is 16.8 Å². The molecule has 24 heavy (non-hydrogen) atoms. The van der Waals surface area contributed by atoms with E-state index in [0.717, 1.165) is 12.8 Å². The summed E-state index contributed by atoms with van der Waals surface area (Å²) in [5, 5.41) is 20.0. The van der Waals surface area contributed by atoms with Gasteiger partial charge in [0.1, 0.15) is 6.23 Å². The predicted octanol–water partition coefficient (Wildman–Crippen LogP) is -0.342. The van der Waals surface area contributed by atoms with Crippen LogP contribution in [-0.4, -0.2) is 53.3 Å². The number of amides is 1. The van der Waals surface area contributed by atoms with Crippen LogP contribution in [0.2, 0.25) is 0 Å². The molecule has 10 heteroatoms. The molecule has 2 aliphatic rings. The van der Waals surface area contributed by atoms with E-state index in [9.17, 15) is 14.1 Å². The highest BCUT2D eigenvalue weighted by Crippen LogP contribution is 2.26. The fraction of sp³-hybridized carbons (Fsp3) is 0.429. The molecule has 2 aromatic rings. The molecule has 1 aliphatic carbocycles. The number of carbonyl (C=O) groups is 1. The third-order valence-electron chi connectivity index (χ3n) is 3.90. The molecule has 2 fully saturated rings. The molecule has 0 bridgehead atoms. The van der Waals surface area contributed by atoms with Crippen LogP contribution in [-0.2, 0) is 15.6 Å². The molecule has 0 radical (unpaired) electrons. The molecule has 1 saturated carbocycles. The maximum Gasteiger partial charge on any atom is 0.228 e. The smallest absolute Gasteiger partial charge is 0.228 e. The van der Waals surface area contributed by atoms with Crippen molar-refractivity contribution in [1.29, 1.82) is 0 Å². The van der Waals surface area contributed by atoms with Crippen LogP contribution in [0.5, 0.6) is 0 Å². The molecular formula is C14H16N6O3S. The topological polar surface area (TPSA) is 122 Å². The van der Waals surface area contributed by atoms with Gasteiger partial charge in [0, 0.05) is 17.9 Å². The zero-order valence-electron chi connectivity index (χ0n) is 12.9. The van der Waals surface area contributed by atoms with Gasteiger partial charge >= 0.3 is 0 Å². The lowest BCUT2D eigenvalue weighted by atomic mass is 10.1. The van der Waals surface area contributed by atoms with Gasteiger partial charge in [-0.15, -0.1) is 0 Å². The summed E-state index contributed by atoms with van der Waals surface area (Å²) in [5.41, 5.74) is 1.66. The summed E-state index contributed by atoms with van der Waals surface area (Å²) in [7, 11) is -1.34. The third-order valence-corrected chi connectivity index (χ3v) is 4.59. The lowest BCUT2D eigenvalue weighted by molar-refractivity contribution is -0.120. The second-order valence-corrected chi connectivity index (χ2v) is 7.18. The number of nitrogens with one attached hydrogen (secondary N) is 2. The van der Waals surface area contributed by atoms with E-state index in [1.165, 1.54) is 6.26 Å². The van der Waals surface area contributed by atoms with Crippen LogP contribution < -0.4 is 10.6 Å². The maximum atomic E-state index is 11.8. The molecule has 9 nitrogen and oxygen atoms in total. The predicted molar refractivity (Wildman–Crippen MR) is 86.5 cm³/mol. The molecule has 1 aliphatic heterocycles. The fourth-order valence-corrected chi connectivity index (χ4v) is 2.95. The number of aromatic nitrogens is 4. The van der Waals surface area contributed by atoms with Crippen LogP contribution in [0.1, 0.15) is 24.8 Å². The molecule has 3 N–H and O–H groups in total. The molecule has 0 aromatic carbocycles. The van der Waals surface area contributed by atoms with Gasteiger partial charge in [-0.2, -0.15) is 19.6 Å². The SMILES string of the molecule is CS(=O)c1nc(NC2CC2)n2ncc(C=C3CC(=O)NC3O)c2n1. The van der Waals surface area contributed by atoms with Gasteiger partial charge in [-0.05, 0) is 24.5 Å². The molecular weight excluding hydrogens is 332 g/mol. The Hall–Kier alpha value is -2.33. The summed E-state index contributed by atoms with van der Waals surface area (Å²) in [6.07, 6.45) is 6.04. The van der Waals surface area contributed by atoms with Gasteiger partial charge in [-0.3, -0.25) is 9.00 Å². The highest BCUT2D eigenvalue weighted by Gasteiger charge is 2.26. The first kappa shape index (κ1) is 15.2. The van der Waals surface area contributed by atoms with Gasteiger partial charge in [0.25, 0.3) is 0 Å². The number of rotatable bonds is 4. The summed E-state index contributed by atoms with van der Waals surface area (Å²) in [4.78, 5) is 20.0. The summed E-state index contributed by atoms with van der Waals surface area (Å²) in [5.74, 6) is 0.268. The minimum Gasteiger partial charge on any atom is -0.370 e. The Labute approximate surface area is 139 Å². The Morgan fingerprint density at radius 1 is 1.46 bits per heavy atom. The monoisotopic (exact) mass is 348 g/mol. The van der Waals surface area contributed by atoms with E-state index in [1.807, 2.05) is 0 Å². The number of hydrogen-bond acceptors (Lipinski definition) is 7. The van der Waals surface area contributed by atoms with Crippen LogP contribution in [0.15, 0.2) is 16.9 Å². The first-order valence-electron chi connectivity index (χ1n) is 7.55. The fourth-order valence-electron chi connectivity index (χ4n) is 2.52. The Morgan fingerprint density at radius 2 is 2.25 bits per heavy atom. The lowest BCUT2D eigenvalue weighted by Gasteiger charge is -2.07. The molecule has 2 unspecified atom stereocenters. The first-order valence-corrected chi connectivity index (χ1v) is 9.10. The van der Waals surface area contributed by atoms with E-state index in [0.29, 0.717) is 28.8 Å². The minimum absolute atomic E-state index is 0.128. The number of aliphatic hydroxyl groups excluding tert-OH is 1. The van der Waals surface area contributed by atoms with Gasteiger partial charge in [-0.1, -0.05) is 0 Å². The second-order valence-electron chi connectivity index (χ2n) is 5.90. The van der Waals surface area contributed by atoms with Crippen molar-refractivity contribution in [2.45, 2.75) is 36.7 Å². The largest absolute Gasteiger partial charge is 0.370 e. The van der Waals surface area contributed by atoms with E-state index in [2.05, 4.69) is 25.7 Å². The van der Waals surface area contributed by atoms with E-state index in [-0.39, 0.29) is 17.5 Å². The van der Waals surface area contributed by atoms with Gasteiger partial charge in [-0.25, -0.2) is 0 Å². The Morgan fingerprint density at radius 3 is 2.88 bits per heavy atom. The normalized spacial score (nSPS) is 23.7. The molecule has 1 saturated heterocycles. The van der Waals surface area contributed by atoms with Gasteiger partial charge < -0.3 is 15.7 Å². The quantitative estimate of drug-likeness (QED) is 0.691. The highest BCUT2D eigenvalue weighted by molar-refractivity contribution is 7.84. The van der Waals surface area contributed by atoms with Crippen molar-refractivity contribution in [3.05, 3.63) is 17.3 Å². The Kier molecular flexibility index (Phi) is 3.57. The van der Waals surface area contributed by atoms with E-state index >= 15 is 0 Å². The second kappa shape index (κ2) is 5.64. The van der Waals surface area contributed by atoms with Crippen molar-refractivity contribution in [1.82, 2.24) is 24.9 Å². The molecule has 2 aromatic heterocycles. The molecule has 2 atom stereocenters. The molecule has 1 amide bonds. The van der Waals surface area contributed by atoms with Gasteiger partial charge in [0.15, 0.2) is 5.65 Å². The number of hydrogen-bond donors (Lipinski definition) is 3. The van der Waals surface area contributed by atoms with Crippen molar-refractivity contribution in [3.8, 4) is 0 Å². The average molecular weight is 348 g/mol. The number of fused-ring (bicyclic) bond motifs is 1. The summed E-state index contributed by atoms with van der Waals surface area (Å²) in [6, 6.07) is 0.353. The van der Waals surface area contributed by atoms with Gasteiger partial charge in [0.05, 0.1) is 23.4 Å². The molecule has 0 spiro atoms. The standard InChI is InChI=1S/C14H16N6O3S/c1-24(23)14-18-11-8(4-7-5-10(21)17-12(7)22)6-15-20(11)13(19-14)16-9-2-3-9/h4,6,9,12,22H,2-3,5H2,1H3,(H,17,21)(H,16,18,19). The van der Waals surface area contributed by atoms with Crippen LogP contribution in [0, 0.1) is 0 Å². The van der Waals surface area contributed by atoms with Crippen molar-refractivity contribution in [2.75, 3.05) is 11.6 Å². The molecule has 3 heterocycles. The zero-order valence-corrected chi connectivity index (χ0v) is 13.7. The van der Waals surface area contributed by atoms with Crippen molar-refractivity contribution in [2.24, 2.45) is 0 Å². The molecule has 4 rings (SSSR count). The lowest BCUT2D eigenvalue weighted by Crippen LogP contribution is -2.25. The number of anilines is 1. The number of carbonyl (C=O) groups excluding carboxylic acids is 1. The average Bonchev–Trinajstić information content (AvgIpc) is 3.16. The Balaban J connectivity index is 1.82. The van der Waals surface area contributed by atoms with Crippen LogP contribution in [0.3, 0.4) is 0 Å². The highest BCUT2D eigenvalue weighted by atomic mass is 32.2. The minimum atomic E-state index is -1.34. The van der Waals surface area contributed by atoms with Crippen LogP contribution in [0.25, 0.3) is 11.7 Å². The maximum absolute atomic E-state index is 11.8. The summed E-state index contributed by atoms with van der Waals surface area (Å²) < 4.78 is 13.4.